The number of fused-ring (bicyclic) bond motifs is 1. The summed E-state index contributed by atoms with van der Waals surface area (Å²) in [5.74, 6) is 0.817. The van der Waals surface area contributed by atoms with E-state index < -0.39 is 5.16 Å². The number of benzene rings is 1. The van der Waals surface area contributed by atoms with Gasteiger partial charge in [-0.05, 0) is 43.9 Å². The van der Waals surface area contributed by atoms with Crippen LogP contribution in [0, 0.1) is 5.41 Å². The zero-order valence-electron chi connectivity index (χ0n) is 13.1. The van der Waals surface area contributed by atoms with Gasteiger partial charge < -0.3 is 10.1 Å². The summed E-state index contributed by atoms with van der Waals surface area (Å²) >= 11 is 0. The Morgan fingerprint density at radius 3 is 2.83 bits per heavy atom. The highest BCUT2D eigenvalue weighted by atomic mass is 31.1. The highest BCUT2D eigenvalue weighted by molar-refractivity contribution is 7.34. The Bertz CT molecular complexity index is 855. The van der Waals surface area contributed by atoms with Gasteiger partial charge in [-0.15, -0.1) is 0 Å². The fourth-order valence-corrected chi connectivity index (χ4v) is 7.68. The number of nitrogens with one attached hydrogen (secondary N) is 1. The molecule has 4 aliphatic carbocycles. The van der Waals surface area contributed by atoms with E-state index in [9.17, 15) is 9.13 Å². The predicted octanol–water partition coefficient (Wildman–Crippen LogP) is 2.90. The van der Waals surface area contributed by atoms with Gasteiger partial charge in [0.2, 0.25) is 0 Å². The maximum Gasteiger partial charge on any atom is 0.196 e. The first kappa shape index (κ1) is 14.1. The second kappa shape index (κ2) is 4.18. The first-order valence-electron chi connectivity index (χ1n) is 8.65. The van der Waals surface area contributed by atoms with Gasteiger partial charge in [-0.1, -0.05) is 18.2 Å². The molecule has 0 amide bonds. The lowest BCUT2D eigenvalue weighted by Gasteiger charge is -2.67. The zero-order valence-corrected chi connectivity index (χ0v) is 14.9. The summed E-state index contributed by atoms with van der Waals surface area (Å²) in [7, 11) is 0.150. The van der Waals surface area contributed by atoms with Gasteiger partial charge in [0.15, 0.2) is 16.9 Å². The minimum absolute atomic E-state index is 0.00286. The molecule has 2 spiro atoms. The smallest absolute Gasteiger partial charge is 0.196 e. The lowest BCUT2D eigenvalue weighted by molar-refractivity contribution is -0.0671. The largest absolute Gasteiger partial charge is 0.486 e. The van der Waals surface area contributed by atoms with Crippen LogP contribution in [0.4, 0.5) is 0 Å². The van der Waals surface area contributed by atoms with Crippen LogP contribution >= 0.6 is 16.9 Å². The summed E-state index contributed by atoms with van der Waals surface area (Å²) in [5.41, 5.74) is 2.53. The molecule has 1 aromatic rings. The monoisotopic (exact) mass is 357 g/mol. The van der Waals surface area contributed by atoms with Crippen molar-refractivity contribution in [2.45, 2.75) is 48.4 Å². The van der Waals surface area contributed by atoms with Crippen LogP contribution < -0.4 is 15.4 Å². The summed E-state index contributed by atoms with van der Waals surface area (Å²) < 4.78 is 30.5. The predicted molar refractivity (Wildman–Crippen MR) is 91.0 cm³/mol. The maximum absolute atomic E-state index is 12.2. The van der Waals surface area contributed by atoms with Crippen LogP contribution in [0.1, 0.15) is 30.4 Å². The van der Waals surface area contributed by atoms with E-state index in [4.69, 9.17) is 4.74 Å². The molecule has 0 unspecified atom stereocenters. The molecule has 1 N–H and O–H groups in total. The molecule has 7 rings (SSSR count). The molecule has 4 bridgehead atoms. The van der Waals surface area contributed by atoms with Gasteiger partial charge in [0.25, 0.3) is 0 Å². The van der Waals surface area contributed by atoms with Crippen molar-refractivity contribution in [3.63, 3.8) is 0 Å². The summed E-state index contributed by atoms with van der Waals surface area (Å²) in [5, 5.41) is 4.06. The van der Waals surface area contributed by atoms with Crippen LogP contribution in [0.3, 0.4) is 0 Å². The standard InChI is InChI=1S/C18H17NO3P2/c20-23-11-2-1-10-9-12-16-3-5-17(24-21,6-4-16)15-18(16,7-8-19-12)13(10)14(11)22-15/h1-3,5,12,15,19H,4,6-9H2/t12-,15+,16-,17-,18+/m1/s1. The Morgan fingerprint density at radius 2 is 2.08 bits per heavy atom. The van der Waals surface area contributed by atoms with Crippen molar-refractivity contribution in [2.75, 3.05) is 6.54 Å². The molecule has 2 aliphatic heterocycles. The number of piperidine rings is 1. The second-order valence-electron chi connectivity index (χ2n) is 7.93. The SMILES string of the molecule is O=Pc1ccc2c3c1O[C@H]1[C@@]4(P=O)C=C[C@@]5(CC4)[C@@H](C2)NCC[C@]315. The van der Waals surface area contributed by atoms with Crippen molar-refractivity contribution in [3.05, 3.63) is 35.4 Å². The average Bonchev–Trinajstić information content (AvgIpc) is 2.98. The highest BCUT2D eigenvalue weighted by Gasteiger charge is 2.76. The van der Waals surface area contributed by atoms with Gasteiger partial charge in [0.1, 0.15) is 17.0 Å². The quantitative estimate of drug-likeness (QED) is 0.653. The third-order valence-electron chi connectivity index (χ3n) is 7.47. The van der Waals surface area contributed by atoms with Crippen molar-refractivity contribution >= 4 is 22.2 Å². The minimum Gasteiger partial charge on any atom is -0.486 e. The summed E-state index contributed by atoms with van der Waals surface area (Å²) in [4.78, 5) is 0. The van der Waals surface area contributed by atoms with E-state index in [1.165, 1.54) is 11.1 Å². The lowest BCUT2D eigenvalue weighted by atomic mass is 9.40. The number of hydrogen-bond donors (Lipinski definition) is 1. The molecule has 122 valence electrons. The fraction of sp³-hybridized carbons (Fsp3) is 0.556. The van der Waals surface area contributed by atoms with Crippen LogP contribution in [-0.4, -0.2) is 23.8 Å². The van der Waals surface area contributed by atoms with Crippen LogP contribution in [0.2, 0.25) is 0 Å². The van der Waals surface area contributed by atoms with E-state index in [1.54, 1.807) is 0 Å². The van der Waals surface area contributed by atoms with E-state index in [-0.39, 0.29) is 33.9 Å². The summed E-state index contributed by atoms with van der Waals surface area (Å²) in [6.45, 7) is 0.962. The number of ether oxygens (including phenoxy) is 1. The molecule has 1 aromatic carbocycles. The van der Waals surface area contributed by atoms with Gasteiger partial charge in [-0.25, -0.2) is 0 Å². The average molecular weight is 357 g/mol. The fourth-order valence-electron chi connectivity index (χ4n) is 6.59. The van der Waals surface area contributed by atoms with Gasteiger partial charge in [-0.2, -0.15) is 0 Å². The topological polar surface area (TPSA) is 55.4 Å². The van der Waals surface area contributed by atoms with Gasteiger partial charge in [-0.3, -0.25) is 9.13 Å². The Morgan fingerprint density at radius 1 is 1.17 bits per heavy atom. The van der Waals surface area contributed by atoms with E-state index >= 15 is 0 Å². The van der Waals surface area contributed by atoms with E-state index in [1.807, 2.05) is 6.07 Å². The third kappa shape index (κ3) is 1.21. The molecule has 0 radical (unpaired) electrons. The molecule has 5 atom stereocenters. The molecule has 4 nitrogen and oxygen atoms in total. The first-order chi connectivity index (χ1) is 11.7. The summed E-state index contributed by atoms with van der Waals surface area (Å²) in [6, 6.07) is 4.47. The molecule has 1 saturated heterocycles. The normalized spacial score (nSPS) is 46.2. The number of rotatable bonds is 2. The summed E-state index contributed by atoms with van der Waals surface area (Å²) in [6.07, 6.45) is 8.35. The van der Waals surface area contributed by atoms with E-state index in [2.05, 4.69) is 23.5 Å². The zero-order chi connectivity index (χ0) is 16.2. The van der Waals surface area contributed by atoms with Gasteiger partial charge in [0.05, 0.1) is 5.30 Å². The molecule has 24 heavy (non-hydrogen) atoms. The molecular weight excluding hydrogens is 340 g/mol. The Labute approximate surface area is 143 Å². The third-order valence-corrected chi connectivity index (χ3v) is 8.97. The maximum atomic E-state index is 12.2. The van der Waals surface area contributed by atoms with Crippen molar-refractivity contribution in [3.8, 4) is 5.75 Å². The van der Waals surface area contributed by atoms with Crippen LogP contribution in [0.15, 0.2) is 24.3 Å². The molecule has 0 aromatic heterocycles. The van der Waals surface area contributed by atoms with Gasteiger partial charge in [0, 0.05) is 22.4 Å². The van der Waals surface area contributed by atoms with Crippen molar-refractivity contribution < 1.29 is 13.9 Å². The van der Waals surface area contributed by atoms with Crippen LogP contribution in [0.25, 0.3) is 0 Å². The van der Waals surface area contributed by atoms with Crippen molar-refractivity contribution in [2.24, 2.45) is 5.41 Å². The van der Waals surface area contributed by atoms with E-state index in [0.717, 1.165) is 43.3 Å². The molecular formula is C18H17NO3P2. The Hall–Kier alpha value is -1.08. The van der Waals surface area contributed by atoms with Crippen LogP contribution in [0.5, 0.6) is 5.75 Å². The van der Waals surface area contributed by atoms with Gasteiger partial charge >= 0.3 is 0 Å². The molecule has 2 heterocycles. The Balaban J connectivity index is 1.76. The molecule has 6 aliphatic rings. The second-order valence-corrected chi connectivity index (χ2v) is 9.61. The number of hydrogen-bond acceptors (Lipinski definition) is 4. The van der Waals surface area contributed by atoms with Crippen molar-refractivity contribution in [1.82, 2.24) is 5.32 Å². The molecule has 6 heteroatoms. The highest BCUT2D eigenvalue weighted by Crippen LogP contribution is 2.72. The molecule has 2 fully saturated rings. The van der Waals surface area contributed by atoms with E-state index in [0.29, 0.717) is 6.04 Å². The van der Waals surface area contributed by atoms with Crippen LogP contribution in [-0.2, 0) is 21.0 Å². The van der Waals surface area contributed by atoms with Crippen molar-refractivity contribution in [1.29, 1.82) is 0 Å². The molecule has 1 saturated carbocycles. The lowest BCUT2D eigenvalue weighted by Crippen LogP contribution is -2.75. The minimum atomic E-state index is -0.436. The Kier molecular flexibility index (Phi) is 2.46. The first-order valence-corrected chi connectivity index (χ1v) is 10.3.